The molecule has 0 spiro atoms. The average molecular weight is 259 g/mol. The molecule has 3 unspecified atom stereocenters. The van der Waals surface area contributed by atoms with Crippen LogP contribution in [0.5, 0.6) is 0 Å². The lowest BCUT2D eigenvalue weighted by molar-refractivity contribution is -0.253. The monoisotopic (exact) mass is 259 g/mol. The Balaban J connectivity index is 2.60. The third-order valence-corrected chi connectivity index (χ3v) is 2.72. The van der Waals surface area contributed by atoms with Gasteiger partial charge in [-0.1, -0.05) is 0 Å². The van der Waals surface area contributed by atoms with Crippen LogP contribution >= 0.6 is 0 Å². The highest BCUT2D eigenvalue weighted by molar-refractivity contribution is 5.76. The van der Waals surface area contributed by atoms with E-state index in [9.17, 15) is 20.1 Å². The van der Waals surface area contributed by atoms with Crippen molar-refractivity contribution in [1.82, 2.24) is 5.32 Å². The van der Waals surface area contributed by atoms with Crippen LogP contribution in [0.15, 0.2) is 0 Å². The van der Waals surface area contributed by atoms with E-state index >= 15 is 0 Å². The van der Waals surface area contributed by atoms with Crippen LogP contribution in [0, 0.1) is 12.3 Å². The summed E-state index contributed by atoms with van der Waals surface area (Å²) < 4.78 is 4.88. The molecule has 7 nitrogen and oxygen atoms in total. The maximum Gasteiger partial charge on any atom is 0.221 e. The minimum absolute atomic E-state index is 0.0476. The van der Waals surface area contributed by atoms with Crippen LogP contribution in [-0.4, -0.2) is 63.6 Å². The Bertz CT molecular complexity index is 328. The number of rotatable bonds is 4. The molecule has 1 saturated heterocycles. The molecule has 0 aromatic heterocycles. The number of nitrogens with one attached hydrogen (secondary N) is 1. The quantitative estimate of drug-likeness (QED) is 0.351. The zero-order valence-electron chi connectivity index (χ0n) is 9.69. The van der Waals surface area contributed by atoms with E-state index in [4.69, 9.17) is 16.3 Å². The van der Waals surface area contributed by atoms with E-state index in [1.165, 1.54) is 0 Å². The molecule has 5 N–H and O–H groups in total. The minimum atomic E-state index is -1.50. The first-order chi connectivity index (χ1) is 8.51. The smallest absolute Gasteiger partial charge is 0.221 e. The molecule has 0 bridgehead atoms. The fourth-order valence-electron chi connectivity index (χ4n) is 1.70. The van der Waals surface area contributed by atoms with E-state index in [2.05, 4.69) is 11.2 Å². The van der Waals surface area contributed by atoms with Crippen molar-refractivity contribution in [2.45, 2.75) is 43.5 Å². The van der Waals surface area contributed by atoms with E-state index < -0.39 is 43.2 Å². The van der Waals surface area contributed by atoms with Crippen LogP contribution in [0.4, 0.5) is 0 Å². The topological polar surface area (TPSA) is 119 Å². The van der Waals surface area contributed by atoms with Gasteiger partial charge in [-0.25, -0.2) is 0 Å². The first kappa shape index (κ1) is 14.9. The van der Waals surface area contributed by atoms with Gasteiger partial charge < -0.3 is 30.5 Å². The number of hydrogen-bond donors (Lipinski definition) is 5. The number of aliphatic hydroxyl groups is 4. The molecule has 7 heteroatoms. The maximum absolute atomic E-state index is 11.4. The molecule has 1 amide bonds. The molecule has 0 aliphatic carbocycles. The van der Waals surface area contributed by atoms with Crippen molar-refractivity contribution in [2.75, 3.05) is 6.61 Å². The molecule has 1 rings (SSSR count). The zero-order chi connectivity index (χ0) is 13.7. The highest BCUT2D eigenvalue weighted by Crippen LogP contribution is 2.19. The number of aliphatic hydroxyl groups excluding tert-OH is 4. The normalized spacial score (nSPS) is 35.8. The molecular formula is C11H17NO6. The van der Waals surface area contributed by atoms with E-state index in [0.717, 1.165) is 0 Å². The standard InChI is InChI=1S/C11H17NO6/c1-2-3-4-7(14)12-8-10(16)9(15)6(5-13)18-11(8)17/h1,6,8-11,13,15-17H,3-5H2,(H,12,14)/t6?,8-,9-,10?,11?/m1/s1. The molecule has 102 valence electrons. The molecule has 0 aromatic carbocycles. The fraction of sp³-hybridized carbons (Fsp3) is 0.727. The van der Waals surface area contributed by atoms with Gasteiger partial charge in [-0.15, -0.1) is 12.3 Å². The first-order valence-electron chi connectivity index (χ1n) is 5.54. The lowest BCUT2D eigenvalue weighted by Gasteiger charge is -2.40. The second-order valence-corrected chi connectivity index (χ2v) is 4.03. The SMILES string of the molecule is C#CCCC(=O)N[C@H]1C(O)OC(CO)[C@@H](O)C1O. The van der Waals surface area contributed by atoms with Gasteiger partial charge in [0.05, 0.1) is 6.61 Å². The second kappa shape index (κ2) is 6.68. The van der Waals surface area contributed by atoms with Gasteiger partial charge in [-0.05, 0) is 0 Å². The van der Waals surface area contributed by atoms with Crippen molar-refractivity contribution in [3.63, 3.8) is 0 Å². The predicted octanol–water partition coefficient (Wildman–Crippen LogP) is -2.68. The summed E-state index contributed by atoms with van der Waals surface area (Å²) in [5.41, 5.74) is 0. The van der Waals surface area contributed by atoms with E-state index in [1.807, 2.05) is 0 Å². The molecule has 1 aliphatic rings. The van der Waals surface area contributed by atoms with Crippen LogP contribution in [0.25, 0.3) is 0 Å². The molecule has 5 atom stereocenters. The number of carbonyl (C=O) groups excluding carboxylic acids is 1. The predicted molar refractivity (Wildman–Crippen MR) is 60.0 cm³/mol. The highest BCUT2D eigenvalue weighted by Gasteiger charge is 2.44. The van der Waals surface area contributed by atoms with E-state index in [0.29, 0.717) is 0 Å². The summed E-state index contributed by atoms with van der Waals surface area (Å²) in [5.74, 6) is 1.82. The molecule has 18 heavy (non-hydrogen) atoms. The number of carbonyl (C=O) groups is 1. The Morgan fingerprint density at radius 1 is 1.33 bits per heavy atom. The molecular weight excluding hydrogens is 242 g/mol. The molecule has 0 aromatic rings. The average Bonchev–Trinajstić information content (AvgIpc) is 2.36. The molecule has 0 saturated carbocycles. The van der Waals surface area contributed by atoms with Gasteiger partial charge in [0.25, 0.3) is 0 Å². The summed E-state index contributed by atoms with van der Waals surface area (Å²) in [6, 6.07) is -1.16. The van der Waals surface area contributed by atoms with Crippen LogP contribution in [0.2, 0.25) is 0 Å². The van der Waals surface area contributed by atoms with Crippen molar-refractivity contribution >= 4 is 5.91 Å². The number of ether oxygens (including phenoxy) is 1. The van der Waals surface area contributed by atoms with Gasteiger partial charge in [0.2, 0.25) is 5.91 Å². The van der Waals surface area contributed by atoms with Crippen LogP contribution < -0.4 is 5.32 Å². The Hall–Kier alpha value is -1.17. The van der Waals surface area contributed by atoms with Crippen molar-refractivity contribution in [3.8, 4) is 12.3 Å². The maximum atomic E-state index is 11.4. The lowest BCUT2D eigenvalue weighted by atomic mass is 9.97. The second-order valence-electron chi connectivity index (χ2n) is 4.03. The Morgan fingerprint density at radius 2 is 2.00 bits per heavy atom. The van der Waals surface area contributed by atoms with Crippen molar-refractivity contribution in [2.24, 2.45) is 0 Å². The zero-order valence-corrected chi connectivity index (χ0v) is 9.69. The highest BCUT2D eigenvalue weighted by atomic mass is 16.6. The van der Waals surface area contributed by atoms with E-state index in [-0.39, 0.29) is 12.8 Å². The van der Waals surface area contributed by atoms with Gasteiger partial charge in [-0.3, -0.25) is 4.79 Å². The molecule has 1 heterocycles. The van der Waals surface area contributed by atoms with Crippen LogP contribution in [0.3, 0.4) is 0 Å². The molecule has 1 fully saturated rings. The summed E-state index contributed by atoms with van der Waals surface area (Å²) in [6.07, 6.45) is -0.137. The van der Waals surface area contributed by atoms with Crippen molar-refractivity contribution in [1.29, 1.82) is 0 Å². The summed E-state index contributed by atoms with van der Waals surface area (Å²) in [7, 11) is 0. The summed E-state index contributed by atoms with van der Waals surface area (Å²) >= 11 is 0. The third kappa shape index (κ3) is 3.41. The Morgan fingerprint density at radius 3 is 2.56 bits per heavy atom. The number of amides is 1. The van der Waals surface area contributed by atoms with E-state index in [1.54, 1.807) is 0 Å². The van der Waals surface area contributed by atoms with Gasteiger partial charge >= 0.3 is 0 Å². The molecule has 0 radical (unpaired) electrons. The number of hydrogen-bond acceptors (Lipinski definition) is 6. The summed E-state index contributed by atoms with van der Waals surface area (Å²) in [6.45, 7) is -0.549. The Kier molecular flexibility index (Phi) is 5.53. The fourth-order valence-corrected chi connectivity index (χ4v) is 1.70. The molecule has 1 aliphatic heterocycles. The van der Waals surface area contributed by atoms with Gasteiger partial charge in [-0.2, -0.15) is 0 Å². The van der Waals surface area contributed by atoms with Crippen molar-refractivity contribution in [3.05, 3.63) is 0 Å². The third-order valence-electron chi connectivity index (χ3n) is 2.72. The van der Waals surface area contributed by atoms with Crippen molar-refractivity contribution < 1.29 is 30.0 Å². The van der Waals surface area contributed by atoms with Crippen LogP contribution in [-0.2, 0) is 9.53 Å². The van der Waals surface area contributed by atoms with Gasteiger partial charge in [0.1, 0.15) is 24.4 Å². The largest absolute Gasteiger partial charge is 0.394 e. The summed E-state index contributed by atoms with van der Waals surface area (Å²) in [4.78, 5) is 11.4. The van der Waals surface area contributed by atoms with Gasteiger partial charge in [0.15, 0.2) is 6.29 Å². The first-order valence-corrected chi connectivity index (χ1v) is 5.54. The lowest BCUT2D eigenvalue weighted by Crippen LogP contribution is -2.64. The van der Waals surface area contributed by atoms with Gasteiger partial charge in [0, 0.05) is 12.8 Å². The summed E-state index contributed by atoms with van der Waals surface area (Å²) in [5, 5.41) is 40.1. The minimum Gasteiger partial charge on any atom is -0.394 e. The Labute approximate surface area is 104 Å². The number of terminal acetylenes is 1. The van der Waals surface area contributed by atoms with Crippen LogP contribution in [0.1, 0.15) is 12.8 Å².